The van der Waals surface area contributed by atoms with E-state index in [1.54, 1.807) is 27.7 Å². The zero-order valence-corrected chi connectivity index (χ0v) is 12.8. The summed E-state index contributed by atoms with van der Waals surface area (Å²) < 4.78 is 1.38. The first-order valence-electron chi connectivity index (χ1n) is 6.65. The number of hydrogen-bond acceptors (Lipinski definition) is 4. The standard InChI is InChI=1S/C14H21N3O4/c1-8-10(5-6-11(18)19)9(2)17(13(21)16-8)7-14(3,4)12(15)20/h5-7H2,1-4H3,(H2,15,20)(H,18,19). The maximum atomic E-state index is 12.0. The number of nitrogens with two attached hydrogens (primary N) is 1. The van der Waals surface area contributed by atoms with Gasteiger partial charge in [0.05, 0.1) is 5.41 Å². The van der Waals surface area contributed by atoms with Crippen LogP contribution in [-0.4, -0.2) is 26.5 Å². The van der Waals surface area contributed by atoms with Crippen LogP contribution >= 0.6 is 0 Å². The summed E-state index contributed by atoms with van der Waals surface area (Å²) in [5, 5.41) is 8.79. The number of carboxylic acids is 1. The van der Waals surface area contributed by atoms with Gasteiger partial charge in [0.2, 0.25) is 5.91 Å². The van der Waals surface area contributed by atoms with Crippen molar-refractivity contribution in [1.29, 1.82) is 0 Å². The number of aliphatic carboxylic acids is 1. The summed E-state index contributed by atoms with van der Waals surface area (Å²) in [5.41, 5.74) is 5.85. The molecule has 0 saturated carbocycles. The number of aryl methyl sites for hydroxylation is 1. The molecule has 0 atom stereocenters. The molecule has 0 spiro atoms. The van der Waals surface area contributed by atoms with Crippen LogP contribution in [0, 0.1) is 19.3 Å². The number of hydrogen-bond donors (Lipinski definition) is 2. The predicted molar refractivity (Wildman–Crippen MR) is 76.9 cm³/mol. The van der Waals surface area contributed by atoms with E-state index in [0.29, 0.717) is 11.4 Å². The predicted octanol–water partition coefficient (Wildman–Crippen LogP) is 0.389. The van der Waals surface area contributed by atoms with Crippen molar-refractivity contribution in [3.8, 4) is 0 Å². The first-order chi connectivity index (χ1) is 9.56. The molecule has 0 radical (unpaired) electrons. The van der Waals surface area contributed by atoms with Crippen LogP contribution in [0.3, 0.4) is 0 Å². The van der Waals surface area contributed by atoms with Gasteiger partial charge in [-0.1, -0.05) is 0 Å². The van der Waals surface area contributed by atoms with E-state index in [1.807, 2.05) is 0 Å². The Morgan fingerprint density at radius 3 is 2.38 bits per heavy atom. The highest BCUT2D eigenvalue weighted by Crippen LogP contribution is 2.19. The number of primary amides is 1. The molecule has 1 aromatic rings. The Balaban J connectivity index is 3.27. The van der Waals surface area contributed by atoms with Crippen LogP contribution in [-0.2, 0) is 22.6 Å². The van der Waals surface area contributed by atoms with Gasteiger partial charge in [0.1, 0.15) is 0 Å². The SMILES string of the molecule is Cc1nc(=O)n(CC(C)(C)C(N)=O)c(C)c1CCC(=O)O. The molecule has 3 N–H and O–H groups in total. The fourth-order valence-electron chi connectivity index (χ4n) is 2.09. The van der Waals surface area contributed by atoms with E-state index < -0.39 is 23.0 Å². The van der Waals surface area contributed by atoms with E-state index in [-0.39, 0.29) is 19.4 Å². The molecular weight excluding hydrogens is 274 g/mol. The molecule has 1 aromatic heterocycles. The zero-order chi connectivity index (χ0) is 16.4. The fourth-order valence-corrected chi connectivity index (χ4v) is 2.09. The normalized spacial score (nSPS) is 11.4. The molecule has 0 fully saturated rings. The Labute approximate surface area is 122 Å². The molecule has 1 amide bonds. The monoisotopic (exact) mass is 295 g/mol. The maximum absolute atomic E-state index is 12.0. The Kier molecular flexibility index (Phi) is 4.88. The highest BCUT2D eigenvalue weighted by molar-refractivity contribution is 5.79. The van der Waals surface area contributed by atoms with E-state index in [2.05, 4.69) is 4.98 Å². The Morgan fingerprint density at radius 2 is 1.90 bits per heavy atom. The molecule has 7 nitrogen and oxygen atoms in total. The first kappa shape index (κ1) is 16.9. The zero-order valence-electron chi connectivity index (χ0n) is 12.8. The van der Waals surface area contributed by atoms with E-state index in [0.717, 1.165) is 5.56 Å². The van der Waals surface area contributed by atoms with Crippen LogP contribution in [0.1, 0.15) is 37.2 Å². The third-order valence-electron chi connectivity index (χ3n) is 3.58. The van der Waals surface area contributed by atoms with E-state index in [1.165, 1.54) is 4.57 Å². The molecule has 7 heteroatoms. The van der Waals surface area contributed by atoms with Crippen molar-refractivity contribution in [2.24, 2.45) is 11.1 Å². The second-order valence-electron chi connectivity index (χ2n) is 5.77. The van der Waals surface area contributed by atoms with Crippen molar-refractivity contribution in [3.63, 3.8) is 0 Å². The molecular formula is C14H21N3O4. The van der Waals surface area contributed by atoms with Gasteiger partial charge in [0, 0.05) is 24.4 Å². The minimum absolute atomic E-state index is 0.0409. The second-order valence-corrected chi connectivity index (χ2v) is 5.77. The smallest absolute Gasteiger partial charge is 0.348 e. The van der Waals surface area contributed by atoms with Gasteiger partial charge in [-0.2, -0.15) is 4.98 Å². The lowest BCUT2D eigenvalue weighted by atomic mass is 9.92. The lowest BCUT2D eigenvalue weighted by Gasteiger charge is -2.24. The minimum atomic E-state index is -0.913. The maximum Gasteiger partial charge on any atom is 0.348 e. The largest absolute Gasteiger partial charge is 0.481 e. The van der Waals surface area contributed by atoms with Crippen LogP contribution < -0.4 is 11.4 Å². The quantitative estimate of drug-likeness (QED) is 0.787. The number of nitrogens with zero attached hydrogens (tertiary/aromatic N) is 2. The van der Waals surface area contributed by atoms with Gasteiger partial charge < -0.3 is 10.8 Å². The van der Waals surface area contributed by atoms with Gasteiger partial charge in [-0.15, -0.1) is 0 Å². The highest BCUT2D eigenvalue weighted by atomic mass is 16.4. The van der Waals surface area contributed by atoms with Gasteiger partial charge in [0.25, 0.3) is 0 Å². The van der Waals surface area contributed by atoms with Crippen LogP contribution in [0.4, 0.5) is 0 Å². The number of carbonyl (C=O) groups is 2. The number of aromatic nitrogens is 2. The topological polar surface area (TPSA) is 115 Å². The third kappa shape index (κ3) is 3.90. The molecule has 0 aliphatic heterocycles. The van der Waals surface area contributed by atoms with Crippen molar-refractivity contribution in [2.45, 2.75) is 47.1 Å². The van der Waals surface area contributed by atoms with Crippen molar-refractivity contribution in [1.82, 2.24) is 9.55 Å². The second kappa shape index (κ2) is 6.07. The summed E-state index contributed by atoms with van der Waals surface area (Å²) in [5.74, 6) is -1.43. The summed E-state index contributed by atoms with van der Waals surface area (Å²) in [7, 11) is 0. The number of carbonyl (C=O) groups excluding carboxylic acids is 1. The molecule has 1 heterocycles. The highest BCUT2D eigenvalue weighted by Gasteiger charge is 2.27. The average molecular weight is 295 g/mol. The Hall–Kier alpha value is -2.18. The molecule has 0 unspecified atom stereocenters. The first-order valence-corrected chi connectivity index (χ1v) is 6.65. The Bertz CT molecular complexity index is 632. The minimum Gasteiger partial charge on any atom is -0.481 e. The van der Waals surface area contributed by atoms with Gasteiger partial charge in [-0.25, -0.2) is 4.79 Å². The van der Waals surface area contributed by atoms with Crippen LogP contribution in [0.2, 0.25) is 0 Å². The summed E-state index contributed by atoms with van der Waals surface area (Å²) in [6.45, 7) is 6.82. The molecule has 0 saturated heterocycles. The lowest BCUT2D eigenvalue weighted by molar-refractivity contribution is -0.137. The van der Waals surface area contributed by atoms with Crippen molar-refractivity contribution in [2.75, 3.05) is 0 Å². The van der Waals surface area contributed by atoms with Gasteiger partial charge in [-0.05, 0) is 39.7 Å². The van der Waals surface area contributed by atoms with Crippen molar-refractivity contribution >= 4 is 11.9 Å². The van der Waals surface area contributed by atoms with E-state index in [4.69, 9.17) is 10.8 Å². The molecule has 0 aliphatic rings. The number of carboxylic acid groups (broad SMARTS) is 1. The number of rotatable bonds is 6. The average Bonchev–Trinajstić information content (AvgIpc) is 2.33. The third-order valence-corrected chi connectivity index (χ3v) is 3.58. The van der Waals surface area contributed by atoms with Crippen molar-refractivity contribution in [3.05, 3.63) is 27.4 Å². The lowest BCUT2D eigenvalue weighted by Crippen LogP contribution is -2.40. The summed E-state index contributed by atoms with van der Waals surface area (Å²) >= 11 is 0. The molecule has 0 aromatic carbocycles. The van der Waals surface area contributed by atoms with Gasteiger partial charge in [0.15, 0.2) is 0 Å². The van der Waals surface area contributed by atoms with Crippen LogP contribution in [0.15, 0.2) is 4.79 Å². The summed E-state index contributed by atoms with van der Waals surface area (Å²) in [6, 6.07) is 0. The molecule has 116 valence electrons. The van der Waals surface area contributed by atoms with Crippen LogP contribution in [0.25, 0.3) is 0 Å². The number of amides is 1. The van der Waals surface area contributed by atoms with Gasteiger partial charge >= 0.3 is 11.7 Å². The summed E-state index contributed by atoms with van der Waals surface area (Å²) in [6.07, 6.45) is 0.248. The molecule has 0 aliphatic carbocycles. The van der Waals surface area contributed by atoms with Crippen LogP contribution in [0.5, 0.6) is 0 Å². The van der Waals surface area contributed by atoms with Gasteiger partial charge in [-0.3, -0.25) is 14.2 Å². The molecule has 1 rings (SSSR count). The summed E-state index contributed by atoms with van der Waals surface area (Å²) in [4.78, 5) is 38.1. The van der Waals surface area contributed by atoms with E-state index >= 15 is 0 Å². The molecule has 21 heavy (non-hydrogen) atoms. The fraction of sp³-hybridized carbons (Fsp3) is 0.571. The van der Waals surface area contributed by atoms with E-state index in [9.17, 15) is 14.4 Å². The Morgan fingerprint density at radius 1 is 1.33 bits per heavy atom. The molecule has 0 bridgehead atoms. The van der Waals surface area contributed by atoms with Crippen molar-refractivity contribution < 1.29 is 14.7 Å².